The van der Waals surface area contributed by atoms with Gasteiger partial charge in [0.1, 0.15) is 5.82 Å². The number of aromatic amines is 2. The van der Waals surface area contributed by atoms with Gasteiger partial charge in [-0.05, 0) is 30.5 Å². The molecule has 1 aliphatic rings. The Bertz CT molecular complexity index is 791. The molecule has 0 aliphatic heterocycles. The van der Waals surface area contributed by atoms with E-state index in [1.807, 2.05) is 18.3 Å². The molecule has 0 saturated heterocycles. The molecule has 0 amide bonds. The number of halogens is 1. The Labute approximate surface area is 142 Å². The van der Waals surface area contributed by atoms with Crippen LogP contribution in [0.25, 0.3) is 11.3 Å². The lowest BCUT2D eigenvalue weighted by Gasteiger charge is -2.21. The van der Waals surface area contributed by atoms with Gasteiger partial charge in [-0.2, -0.15) is 15.4 Å². The number of benzene rings is 1. The van der Waals surface area contributed by atoms with E-state index >= 15 is 0 Å². The van der Waals surface area contributed by atoms with Gasteiger partial charge in [-0.25, -0.2) is 4.98 Å². The zero-order valence-corrected chi connectivity index (χ0v) is 14.1. The van der Waals surface area contributed by atoms with E-state index in [4.69, 9.17) is 0 Å². The van der Waals surface area contributed by atoms with Crippen LogP contribution in [-0.4, -0.2) is 31.4 Å². The van der Waals surface area contributed by atoms with Gasteiger partial charge in [0.15, 0.2) is 0 Å². The summed E-state index contributed by atoms with van der Waals surface area (Å²) in [7, 11) is 0. The minimum Gasteiger partial charge on any atom is -0.341 e. The minimum absolute atomic E-state index is 0.425. The summed E-state index contributed by atoms with van der Waals surface area (Å²) < 4.78 is 1.08. The Morgan fingerprint density at radius 3 is 2.87 bits per heavy atom. The molecule has 2 aromatic heterocycles. The number of hydrogen-bond acceptors (Lipinski definition) is 4. The van der Waals surface area contributed by atoms with Crippen molar-refractivity contribution >= 4 is 15.9 Å². The highest BCUT2D eigenvalue weighted by Gasteiger charge is 2.21. The molecule has 0 fully saturated rings. The number of nitrogens with one attached hydrogen (secondary N) is 3. The fraction of sp³-hybridized carbons (Fsp3) is 0.312. The van der Waals surface area contributed by atoms with Crippen molar-refractivity contribution in [3.05, 3.63) is 52.1 Å². The fourth-order valence-electron chi connectivity index (χ4n) is 2.93. The molecule has 6 nitrogen and oxygen atoms in total. The predicted molar refractivity (Wildman–Crippen MR) is 90.8 cm³/mol. The molecule has 1 aliphatic carbocycles. The number of rotatable bonds is 4. The molecule has 3 aromatic rings. The zero-order valence-electron chi connectivity index (χ0n) is 12.5. The molecule has 3 N–H and O–H groups in total. The molecule has 0 saturated carbocycles. The minimum atomic E-state index is 0.425. The van der Waals surface area contributed by atoms with Gasteiger partial charge < -0.3 is 10.3 Å². The lowest BCUT2D eigenvalue weighted by atomic mass is 9.96. The molecule has 2 heterocycles. The Balaban J connectivity index is 1.38. The second kappa shape index (κ2) is 6.25. The smallest absolute Gasteiger partial charge is 0.120 e. The molecule has 0 radical (unpaired) electrons. The van der Waals surface area contributed by atoms with Crippen LogP contribution in [0.1, 0.15) is 23.6 Å². The average molecular weight is 373 g/mol. The molecule has 4 rings (SSSR count). The monoisotopic (exact) mass is 372 g/mol. The fourth-order valence-corrected chi connectivity index (χ4v) is 3.19. The molecule has 0 bridgehead atoms. The van der Waals surface area contributed by atoms with E-state index in [1.165, 1.54) is 0 Å². The SMILES string of the molecule is Brc1ccc(-c2cnc(CNC3CCc4n[nH]nc4C3)[nH]2)cc1. The van der Waals surface area contributed by atoms with Crippen LogP contribution >= 0.6 is 15.9 Å². The van der Waals surface area contributed by atoms with Crippen molar-refractivity contribution in [2.75, 3.05) is 0 Å². The van der Waals surface area contributed by atoms with Crippen molar-refractivity contribution in [1.29, 1.82) is 0 Å². The first-order valence-corrected chi connectivity index (χ1v) is 8.49. The summed E-state index contributed by atoms with van der Waals surface area (Å²) in [5, 5.41) is 14.6. The van der Waals surface area contributed by atoms with E-state index in [0.29, 0.717) is 6.04 Å². The Morgan fingerprint density at radius 1 is 1.17 bits per heavy atom. The quantitative estimate of drug-likeness (QED) is 0.657. The molecule has 0 spiro atoms. The largest absolute Gasteiger partial charge is 0.341 e. The maximum absolute atomic E-state index is 4.47. The van der Waals surface area contributed by atoms with Crippen LogP contribution in [0, 0.1) is 0 Å². The summed E-state index contributed by atoms with van der Waals surface area (Å²) in [5.74, 6) is 0.953. The Kier molecular flexibility index (Phi) is 3.97. The number of hydrogen-bond donors (Lipinski definition) is 3. The van der Waals surface area contributed by atoms with Gasteiger partial charge in [-0.3, -0.25) is 0 Å². The molecule has 1 aromatic carbocycles. The van der Waals surface area contributed by atoms with E-state index in [2.05, 4.69) is 58.8 Å². The number of aromatic nitrogens is 5. The first kappa shape index (κ1) is 14.6. The Morgan fingerprint density at radius 2 is 2.00 bits per heavy atom. The van der Waals surface area contributed by atoms with Crippen molar-refractivity contribution in [3.8, 4) is 11.3 Å². The standard InChI is InChI=1S/C16H17BrN6/c17-11-3-1-10(2-4-11)15-8-19-16(20-15)9-18-12-5-6-13-14(7-12)22-23-21-13/h1-4,8,12,18H,5-7,9H2,(H,19,20)(H,21,22,23). The molecule has 118 valence electrons. The van der Waals surface area contributed by atoms with Gasteiger partial charge in [0.25, 0.3) is 0 Å². The highest BCUT2D eigenvalue weighted by atomic mass is 79.9. The maximum Gasteiger partial charge on any atom is 0.120 e. The number of aryl methyl sites for hydroxylation is 1. The molecule has 1 atom stereocenters. The van der Waals surface area contributed by atoms with Gasteiger partial charge in [-0.15, -0.1) is 0 Å². The van der Waals surface area contributed by atoms with Gasteiger partial charge in [0, 0.05) is 16.9 Å². The summed E-state index contributed by atoms with van der Waals surface area (Å²) >= 11 is 3.45. The summed E-state index contributed by atoms with van der Waals surface area (Å²) in [5.41, 5.74) is 4.37. The van der Waals surface area contributed by atoms with Crippen LogP contribution in [0.4, 0.5) is 0 Å². The summed E-state index contributed by atoms with van der Waals surface area (Å²) in [6, 6.07) is 8.63. The number of H-pyrrole nitrogens is 2. The molecule has 23 heavy (non-hydrogen) atoms. The van der Waals surface area contributed by atoms with Crippen molar-refractivity contribution in [3.63, 3.8) is 0 Å². The third-order valence-electron chi connectivity index (χ3n) is 4.21. The van der Waals surface area contributed by atoms with Gasteiger partial charge in [-0.1, -0.05) is 28.1 Å². The predicted octanol–water partition coefficient (Wildman–Crippen LogP) is 2.60. The van der Waals surface area contributed by atoms with Crippen molar-refractivity contribution in [2.45, 2.75) is 31.8 Å². The van der Waals surface area contributed by atoms with E-state index in [1.54, 1.807) is 0 Å². The molecule has 1 unspecified atom stereocenters. The maximum atomic E-state index is 4.47. The average Bonchev–Trinajstić information content (AvgIpc) is 3.22. The van der Waals surface area contributed by atoms with E-state index in [-0.39, 0.29) is 0 Å². The first-order valence-electron chi connectivity index (χ1n) is 7.69. The Hall–Kier alpha value is -1.99. The van der Waals surface area contributed by atoms with Crippen LogP contribution in [0.15, 0.2) is 34.9 Å². The van der Waals surface area contributed by atoms with Crippen LogP contribution < -0.4 is 5.32 Å². The van der Waals surface area contributed by atoms with Crippen LogP contribution in [0.5, 0.6) is 0 Å². The second-order valence-electron chi connectivity index (χ2n) is 5.79. The van der Waals surface area contributed by atoms with E-state index < -0.39 is 0 Å². The first-order chi connectivity index (χ1) is 11.3. The van der Waals surface area contributed by atoms with Crippen molar-refractivity contribution in [2.24, 2.45) is 0 Å². The number of imidazole rings is 1. The van der Waals surface area contributed by atoms with Gasteiger partial charge in [0.05, 0.1) is 29.8 Å². The third kappa shape index (κ3) is 3.20. The molecular formula is C16H17BrN6. The summed E-state index contributed by atoms with van der Waals surface area (Å²) in [6.07, 6.45) is 4.87. The highest BCUT2D eigenvalue weighted by molar-refractivity contribution is 9.10. The topological polar surface area (TPSA) is 82.3 Å². The third-order valence-corrected chi connectivity index (χ3v) is 4.74. The zero-order chi connectivity index (χ0) is 15.6. The normalized spacial score (nSPS) is 17.2. The van der Waals surface area contributed by atoms with Crippen LogP contribution in [-0.2, 0) is 19.4 Å². The van der Waals surface area contributed by atoms with Crippen molar-refractivity contribution < 1.29 is 0 Å². The van der Waals surface area contributed by atoms with E-state index in [9.17, 15) is 0 Å². The van der Waals surface area contributed by atoms with Crippen LogP contribution in [0.3, 0.4) is 0 Å². The lowest BCUT2D eigenvalue weighted by Crippen LogP contribution is -2.34. The van der Waals surface area contributed by atoms with Crippen molar-refractivity contribution in [1.82, 2.24) is 30.7 Å². The highest BCUT2D eigenvalue weighted by Crippen LogP contribution is 2.20. The van der Waals surface area contributed by atoms with Crippen LogP contribution in [0.2, 0.25) is 0 Å². The summed E-state index contributed by atoms with van der Waals surface area (Å²) in [4.78, 5) is 7.85. The molecular weight excluding hydrogens is 356 g/mol. The number of nitrogens with zero attached hydrogens (tertiary/aromatic N) is 3. The summed E-state index contributed by atoms with van der Waals surface area (Å²) in [6.45, 7) is 0.731. The molecule has 7 heteroatoms. The van der Waals surface area contributed by atoms with E-state index in [0.717, 1.165) is 58.7 Å². The lowest BCUT2D eigenvalue weighted by molar-refractivity contribution is 0.446. The number of fused-ring (bicyclic) bond motifs is 1. The van der Waals surface area contributed by atoms with Gasteiger partial charge in [0.2, 0.25) is 0 Å². The van der Waals surface area contributed by atoms with Gasteiger partial charge >= 0.3 is 0 Å². The second-order valence-corrected chi connectivity index (χ2v) is 6.70.